The van der Waals surface area contributed by atoms with Gasteiger partial charge in [-0.15, -0.1) is 0 Å². The summed E-state index contributed by atoms with van der Waals surface area (Å²) < 4.78 is 0. The van der Waals surface area contributed by atoms with E-state index in [4.69, 9.17) is 0 Å². The van der Waals surface area contributed by atoms with Gasteiger partial charge in [-0.3, -0.25) is 0 Å². The molecule has 1 aromatic rings. The Labute approximate surface area is 125 Å². The monoisotopic (exact) mass is 290 g/mol. The molecular weight excluding hydrogens is 268 g/mol. The molecule has 1 fully saturated rings. The van der Waals surface area contributed by atoms with Crippen molar-refractivity contribution >= 4 is 17.7 Å². The average molecular weight is 290 g/mol. The zero-order chi connectivity index (χ0) is 15.7. The molecule has 0 aromatic heterocycles. The molecule has 5 heteroatoms. The van der Waals surface area contributed by atoms with Crippen molar-refractivity contribution in [3.05, 3.63) is 28.8 Å². The van der Waals surface area contributed by atoms with Crippen molar-refractivity contribution in [2.75, 3.05) is 11.9 Å². The largest absolute Gasteiger partial charge is 0.480 e. The Morgan fingerprint density at radius 3 is 2.33 bits per heavy atom. The van der Waals surface area contributed by atoms with Gasteiger partial charge in [0, 0.05) is 12.2 Å². The van der Waals surface area contributed by atoms with E-state index in [9.17, 15) is 14.7 Å². The van der Waals surface area contributed by atoms with Crippen molar-refractivity contribution in [3.8, 4) is 0 Å². The number of hydrogen-bond acceptors (Lipinski definition) is 2. The van der Waals surface area contributed by atoms with E-state index >= 15 is 0 Å². The predicted octanol–water partition coefficient (Wildman–Crippen LogP) is 2.94. The summed E-state index contributed by atoms with van der Waals surface area (Å²) in [5, 5.41) is 12.2. The van der Waals surface area contributed by atoms with E-state index in [1.807, 2.05) is 39.8 Å². The Kier molecular flexibility index (Phi) is 4.21. The number of urea groups is 1. The molecule has 21 heavy (non-hydrogen) atoms. The van der Waals surface area contributed by atoms with Crippen LogP contribution in [-0.2, 0) is 4.79 Å². The topological polar surface area (TPSA) is 69.6 Å². The fourth-order valence-corrected chi connectivity index (χ4v) is 3.11. The van der Waals surface area contributed by atoms with Gasteiger partial charge in [-0.1, -0.05) is 24.6 Å². The second-order valence-corrected chi connectivity index (χ2v) is 5.95. The molecule has 0 spiro atoms. The third kappa shape index (κ3) is 3.01. The number of nitrogens with one attached hydrogen (secondary N) is 1. The minimum Gasteiger partial charge on any atom is -0.480 e. The fraction of sp³-hybridized carbons (Fsp3) is 0.500. The van der Waals surface area contributed by atoms with Gasteiger partial charge in [-0.25, -0.2) is 9.59 Å². The molecule has 1 saturated heterocycles. The van der Waals surface area contributed by atoms with Crippen LogP contribution in [0.25, 0.3) is 0 Å². The van der Waals surface area contributed by atoms with E-state index in [2.05, 4.69) is 5.32 Å². The molecule has 1 aliphatic rings. The molecule has 0 aliphatic carbocycles. The summed E-state index contributed by atoms with van der Waals surface area (Å²) in [6, 6.07) is 2.94. The summed E-state index contributed by atoms with van der Waals surface area (Å²) in [6.45, 7) is 8.24. The van der Waals surface area contributed by atoms with Crippen LogP contribution in [0.3, 0.4) is 0 Å². The number of benzene rings is 1. The molecule has 2 amide bonds. The van der Waals surface area contributed by atoms with E-state index in [0.29, 0.717) is 6.54 Å². The lowest BCUT2D eigenvalue weighted by molar-refractivity contribution is -0.142. The maximum Gasteiger partial charge on any atom is 0.326 e. The van der Waals surface area contributed by atoms with E-state index < -0.39 is 12.0 Å². The molecule has 2 unspecified atom stereocenters. The minimum absolute atomic E-state index is 0.0199. The summed E-state index contributed by atoms with van der Waals surface area (Å²) in [7, 11) is 0. The number of anilines is 1. The lowest BCUT2D eigenvalue weighted by Gasteiger charge is -2.24. The molecule has 2 N–H and O–H groups in total. The quantitative estimate of drug-likeness (QED) is 0.879. The van der Waals surface area contributed by atoms with Crippen LogP contribution in [-0.4, -0.2) is 34.6 Å². The van der Waals surface area contributed by atoms with Crippen molar-refractivity contribution in [1.29, 1.82) is 0 Å². The van der Waals surface area contributed by atoms with Crippen LogP contribution >= 0.6 is 0 Å². The summed E-state index contributed by atoms with van der Waals surface area (Å²) in [6.07, 6.45) is 0.719. The maximum atomic E-state index is 12.4. The van der Waals surface area contributed by atoms with E-state index in [-0.39, 0.29) is 11.9 Å². The standard InChI is InChI=1S/C16H22N2O3/c1-9-7-11(3)13(12(4)8-9)17-16(21)18-6-5-10(2)14(18)15(19)20/h7-8,10,14H,5-6H2,1-4H3,(H,17,21)(H,19,20). The summed E-state index contributed by atoms with van der Waals surface area (Å²) >= 11 is 0. The lowest BCUT2D eigenvalue weighted by atomic mass is 10.0. The molecule has 1 aromatic carbocycles. The number of hydrogen-bond donors (Lipinski definition) is 2. The molecule has 2 rings (SSSR count). The number of rotatable bonds is 2. The van der Waals surface area contributed by atoms with Gasteiger partial charge in [0.15, 0.2) is 0 Å². The zero-order valence-corrected chi connectivity index (χ0v) is 12.9. The van der Waals surface area contributed by atoms with Crippen LogP contribution in [0.5, 0.6) is 0 Å². The molecule has 114 valence electrons. The smallest absolute Gasteiger partial charge is 0.326 e. The van der Waals surface area contributed by atoms with Crippen LogP contribution in [0.15, 0.2) is 12.1 Å². The first-order chi connectivity index (χ1) is 9.81. The number of amides is 2. The van der Waals surface area contributed by atoms with Gasteiger partial charge < -0.3 is 15.3 Å². The molecule has 1 aliphatic heterocycles. The Morgan fingerprint density at radius 2 is 1.81 bits per heavy atom. The van der Waals surface area contributed by atoms with Gasteiger partial charge in [0.2, 0.25) is 0 Å². The number of carboxylic acid groups (broad SMARTS) is 1. The first-order valence-electron chi connectivity index (χ1n) is 7.19. The second kappa shape index (κ2) is 5.76. The molecule has 1 heterocycles. The second-order valence-electron chi connectivity index (χ2n) is 5.95. The number of carbonyl (C=O) groups excluding carboxylic acids is 1. The maximum absolute atomic E-state index is 12.4. The number of aliphatic carboxylic acids is 1. The van der Waals surface area contributed by atoms with Crippen molar-refractivity contribution in [2.45, 2.75) is 40.2 Å². The highest BCUT2D eigenvalue weighted by Crippen LogP contribution is 2.27. The Hall–Kier alpha value is -2.04. The lowest BCUT2D eigenvalue weighted by Crippen LogP contribution is -2.45. The minimum atomic E-state index is -0.938. The van der Waals surface area contributed by atoms with Crippen LogP contribution in [0, 0.1) is 26.7 Å². The summed E-state index contributed by atoms with van der Waals surface area (Å²) in [4.78, 5) is 25.2. The third-order valence-electron chi connectivity index (χ3n) is 4.12. The van der Waals surface area contributed by atoms with Crippen LogP contribution < -0.4 is 5.32 Å². The van der Waals surface area contributed by atoms with E-state index in [1.165, 1.54) is 4.90 Å². The average Bonchev–Trinajstić information content (AvgIpc) is 2.75. The Morgan fingerprint density at radius 1 is 1.24 bits per heavy atom. The van der Waals surface area contributed by atoms with Gasteiger partial charge in [0.1, 0.15) is 6.04 Å². The van der Waals surface area contributed by atoms with Gasteiger partial charge >= 0.3 is 12.0 Å². The molecule has 2 atom stereocenters. The SMILES string of the molecule is Cc1cc(C)c(NC(=O)N2CCC(C)C2C(=O)O)c(C)c1. The van der Waals surface area contributed by atoms with E-state index in [0.717, 1.165) is 28.8 Å². The van der Waals surface area contributed by atoms with E-state index in [1.54, 1.807) is 0 Å². The third-order valence-corrected chi connectivity index (χ3v) is 4.12. The first-order valence-corrected chi connectivity index (χ1v) is 7.19. The molecular formula is C16H22N2O3. The van der Waals surface area contributed by atoms with Crippen LogP contribution in [0.2, 0.25) is 0 Å². The Balaban J connectivity index is 2.21. The number of likely N-dealkylation sites (tertiary alicyclic amines) is 1. The molecule has 0 radical (unpaired) electrons. The highest BCUT2D eigenvalue weighted by molar-refractivity contribution is 5.94. The van der Waals surface area contributed by atoms with Crippen molar-refractivity contribution in [3.63, 3.8) is 0 Å². The normalized spacial score (nSPS) is 21.4. The van der Waals surface area contributed by atoms with Crippen molar-refractivity contribution in [2.24, 2.45) is 5.92 Å². The number of carboxylic acids is 1. The van der Waals surface area contributed by atoms with Crippen LogP contribution in [0.1, 0.15) is 30.0 Å². The summed E-state index contributed by atoms with van der Waals surface area (Å²) in [5.41, 5.74) is 3.88. The molecule has 0 bridgehead atoms. The first kappa shape index (κ1) is 15.4. The van der Waals surface area contributed by atoms with Crippen molar-refractivity contribution in [1.82, 2.24) is 4.90 Å². The summed E-state index contributed by atoms with van der Waals surface area (Å²) in [5.74, 6) is -0.957. The number of carbonyl (C=O) groups is 2. The van der Waals surface area contributed by atoms with Crippen LogP contribution in [0.4, 0.5) is 10.5 Å². The highest BCUT2D eigenvalue weighted by atomic mass is 16.4. The van der Waals surface area contributed by atoms with Gasteiger partial charge in [0.05, 0.1) is 0 Å². The van der Waals surface area contributed by atoms with Gasteiger partial charge in [0.25, 0.3) is 0 Å². The van der Waals surface area contributed by atoms with Crippen molar-refractivity contribution < 1.29 is 14.7 Å². The highest BCUT2D eigenvalue weighted by Gasteiger charge is 2.39. The fourth-order valence-electron chi connectivity index (χ4n) is 3.11. The number of aryl methyl sites for hydroxylation is 3. The number of nitrogens with zero attached hydrogens (tertiary/aromatic N) is 1. The molecule has 0 saturated carbocycles. The van der Waals surface area contributed by atoms with Gasteiger partial charge in [-0.05, 0) is 44.2 Å². The molecule has 5 nitrogen and oxygen atoms in total. The zero-order valence-electron chi connectivity index (χ0n) is 12.9. The predicted molar refractivity (Wildman–Crippen MR) is 81.6 cm³/mol. The Bertz CT molecular complexity index is 560. The van der Waals surface area contributed by atoms with Gasteiger partial charge in [-0.2, -0.15) is 0 Å².